The predicted octanol–water partition coefficient (Wildman–Crippen LogP) is 1.88. The smallest absolute Gasteiger partial charge is 0.0569 e. The van der Waals surface area contributed by atoms with E-state index in [1.54, 1.807) is 0 Å². The van der Waals surface area contributed by atoms with Crippen LogP contribution in [0.15, 0.2) is 18.3 Å². The topological polar surface area (TPSA) is 45.4 Å². The lowest BCUT2D eigenvalue weighted by molar-refractivity contribution is 0.400. The van der Waals surface area contributed by atoms with Gasteiger partial charge >= 0.3 is 0 Å². The maximum Gasteiger partial charge on any atom is 0.0569 e. The molecule has 4 heteroatoms. The third kappa shape index (κ3) is 4.63. The number of hydrogen-bond acceptors (Lipinski definition) is 4. The first-order chi connectivity index (χ1) is 8.54. The van der Waals surface area contributed by atoms with Crippen LogP contribution < -0.4 is 10.6 Å². The highest BCUT2D eigenvalue weighted by molar-refractivity contribution is 5.44. The lowest BCUT2D eigenvalue weighted by Gasteiger charge is -2.24. The Morgan fingerprint density at radius 3 is 2.44 bits per heavy atom. The first-order valence-corrected chi connectivity index (χ1v) is 6.65. The Balaban J connectivity index is 2.58. The number of rotatable bonds is 7. The Morgan fingerprint density at radius 2 is 2.00 bits per heavy atom. The summed E-state index contributed by atoms with van der Waals surface area (Å²) in [5.74, 6) is 0. The molecule has 1 aromatic heterocycles. The highest BCUT2D eigenvalue weighted by Crippen LogP contribution is 2.15. The summed E-state index contributed by atoms with van der Waals surface area (Å²) >= 11 is 0. The minimum Gasteiger partial charge on any atom is -0.371 e. The molecule has 18 heavy (non-hydrogen) atoms. The monoisotopic (exact) mass is 250 g/mol. The van der Waals surface area contributed by atoms with Crippen LogP contribution in [0.25, 0.3) is 0 Å². The molecule has 1 aromatic rings. The molecule has 1 rings (SSSR count). The van der Waals surface area contributed by atoms with Gasteiger partial charge < -0.3 is 15.5 Å². The van der Waals surface area contributed by atoms with Gasteiger partial charge in [0.05, 0.1) is 17.6 Å². The Bertz CT molecular complexity index is 332. The SMILES string of the molecule is CCN(CCCN(C)C)c1ccc([C@H](C)N)nc1. The van der Waals surface area contributed by atoms with Gasteiger partial charge in [0.15, 0.2) is 0 Å². The van der Waals surface area contributed by atoms with Gasteiger partial charge in [0.1, 0.15) is 0 Å². The van der Waals surface area contributed by atoms with Crippen molar-refractivity contribution in [3.05, 3.63) is 24.0 Å². The van der Waals surface area contributed by atoms with Crippen molar-refractivity contribution in [1.29, 1.82) is 0 Å². The molecular weight excluding hydrogens is 224 g/mol. The van der Waals surface area contributed by atoms with Crippen molar-refractivity contribution in [2.75, 3.05) is 38.6 Å². The predicted molar refractivity (Wildman–Crippen MR) is 77.9 cm³/mol. The highest BCUT2D eigenvalue weighted by atomic mass is 15.1. The summed E-state index contributed by atoms with van der Waals surface area (Å²) in [6, 6.07) is 4.14. The van der Waals surface area contributed by atoms with Gasteiger partial charge in [-0.25, -0.2) is 0 Å². The van der Waals surface area contributed by atoms with E-state index < -0.39 is 0 Å². The summed E-state index contributed by atoms with van der Waals surface area (Å²) in [6.45, 7) is 7.31. The van der Waals surface area contributed by atoms with Gasteiger partial charge in [-0.2, -0.15) is 0 Å². The lowest BCUT2D eigenvalue weighted by atomic mass is 10.2. The number of hydrogen-bond donors (Lipinski definition) is 1. The molecule has 2 N–H and O–H groups in total. The summed E-state index contributed by atoms with van der Waals surface area (Å²) in [5, 5.41) is 0. The summed E-state index contributed by atoms with van der Waals surface area (Å²) in [6.07, 6.45) is 3.09. The van der Waals surface area contributed by atoms with E-state index in [4.69, 9.17) is 5.73 Å². The number of aromatic nitrogens is 1. The van der Waals surface area contributed by atoms with Crippen LogP contribution in [0.2, 0.25) is 0 Å². The molecule has 1 atom stereocenters. The summed E-state index contributed by atoms with van der Waals surface area (Å²) in [7, 11) is 4.21. The van der Waals surface area contributed by atoms with Crippen LogP contribution in [0.3, 0.4) is 0 Å². The highest BCUT2D eigenvalue weighted by Gasteiger charge is 2.06. The van der Waals surface area contributed by atoms with E-state index in [-0.39, 0.29) is 6.04 Å². The third-order valence-electron chi connectivity index (χ3n) is 3.02. The van der Waals surface area contributed by atoms with E-state index in [1.807, 2.05) is 19.2 Å². The Hall–Kier alpha value is -1.13. The van der Waals surface area contributed by atoms with Crippen LogP contribution in [0.5, 0.6) is 0 Å². The van der Waals surface area contributed by atoms with Crippen molar-refractivity contribution in [2.45, 2.75) is 26.3 Å². The van der Waals surface area contributed by atoms with Crippen LogP contribution >= 0.6 is 0 Å². The van der Waals surface area contributed by atoms with Crippen molar-refractivity contribution in [3.63, 3.8) is 0 Å². The average molecular weight is 250 g/mol. The molecule has 4 nitrogen and oxygen atoms in total. The Kier molecular flexibility index (Phi) is 6.09. The van der Waals surface area contributed by atoms with Gasteiger partial charge in [-0.3, -0.25) is 4.98 Å². The van der Waals surface area contributed by atoms with E-state index in [9.17, 15) is 0 Å². The van der Waals surface area contributed by atoms with E-state index in [1.165, 1.54) is 5.69 Å². The van der Waals surface area contributed by atoms with Crippen molar-refractivity contribution >= 4 is 5.69 Å². The molecule has 0 saturated heterocycles. The summed E-state index contributed by atoms with van der Waals surface area (Å²) in [5.41, 5.74) is 7.93. The minimum absolute atomic E-state index is 0.00266. The van der Waals surface area contributed by atoms with Crippen molar-refractivity contribution in [2.24, 2.45) is 5.73 Å². The molecule has 0 bridgehead atoms. The van der Waals surface area contributed by atoms with Gasteiger partial charge in [0, 0.05) is 19.1 Å². The fourth-order valence-corrected chi connectivity index (χ4v) is 1.90. The first kappa shape index (κ1) is 14.9. The Labute approximate surface area is 111 Å². The van der Waals surface area contributed by atoms with Crippen molar-refractivity contribution in [3.8, 4) is 0 Å². The first-order valence-electron chi connectivity index (χ1n) is 6.65. The third-order valence-corrected chi connectivity index (χ3v) is 3.02. The molecule has 0 aliphatic rings. The fraction of sp³-hybridized carbons (Fsp3) is 0.643. The van der Waals surface area contributed by atoms with Gasteiger partial charge in [-0.1, -0.05) is 0 Å². The normalized spacial score (nSPS) is 12.8. The maximum absolute atomic E-state index is 5.80. The van der Waals surface area contributed by atoms with Crippen LogP contribution in [0, 0.1) is 0 Å². The molecule has 0 fully saturated rings. The number of anilines is 1. The van der Waals surface area contributed by atoms with Crippen molar-refractivity contribution in [1.82, 2.24) is 9.88 Å². The summed E-state index contributed by atoms with van der Waals surface area (Å²) in [4.78, 5) is 8.98. The largest absolute Gasteiger partial charge is 0.371 e. The quantitative estimate of drug-likeness (QED) is 0.802. The molecule has 1 heterocycles. The van der Waals surface area contributed by atoms with Crippen molar-refractivity contribution < 1.29 is 0 Å². The Morgan fingerprint density at radius 1 is 1.28 bits per heavy atom. The van der Waals surface area contributed by atoms with Crippen LogP contribution in [0.1, 0.15) is 32.0 Å². The molecule has 0 aromatic carbocycles. The van der Waals surface area contributed by atoms with Gasteiger partial charge in [-0.05, 0) is 53.0 Å². The molecule has 0 aliphatic heterocycles. The molecular formula is C14H26N4. The van der Waals surface area contributed by atoms with Crippen LogP contribution in [-0.2, 0) is 0 Å². The standard InChI is InChI=1S/C14H26N4/c1-5-18(10-6-9-17(3)4)13-7-8-14(12(2)15)16-11-13/h7-8,11-12H,5-6,9-10,15H2,1-4H3/t12-/m0/s1. The molecule has 0 amide bonds. The zero-order chi connectivity index (χ0) is 13.5. The average Bonchev–Trinajstić information content (AvgIpc) is 2.34. The number of nitrogens with zero attached hydrogens (tertiary/aromatic N) is 3. The van der Waals surface area contributed by atoms with Gasteiger partial charge in [0.2, 0.25) is 0 Å². The van der Waals surface area contributed by atoms with Gasteiger partial charge in [0.25, 0.3) is 0 Å². The minimum atomic E-state index is 0.00266. The molecule has 0 aliphatic carbocycles. The van der Waals surface area contributed by atoms with E-state index in [2.05, 4.69) is 41.9 Å². The fourth-order valence-electron chi connectivity index (χ4n) is 1.90. The molecule has 0 spiro atoms. The van der Waals surface area contributed by atoms with Crippen LogP contribution in [0.4, 0.5) is 5.69 Å². The molecule has 0 radical (unpaired) electrons. The maximum atomic E-state index is 5.80. The number of pyridine rings is 1. The van der Waals surface area contributed by atoms with E-state index >= 15 is 0 Å². The van der Waals surface area contributed by atoms with E-state index in [0.29, 0.717) is 0 Å². The van der Waals surface area contributed by atoms with Gasteiger partial charge in [-0.15, -0.1) is 0 Å². The van der Waals surface area contributed by atoms with E-state index in [0.717, 1.165) is 31.7 Å². The second-order valence-electron chi connectivity index (χ2n) is 4.97. The summed E-state index contributed by atoms with van der Waals surface area (Å²) < 4.78 is 0. The molecule has 0 saturated carbocycles. The zero-order valence-corrected chi connectivity index (χ0v) is 12.1. The molecule has 0 unspecified atom stereocenters. The second kappa shape index (κ2) is 7.34. The van der Waals surface area contributed by atoms with Crippen LogP contribution in [-0.4, -0.2) is 43.6 Å². The second-order valence-corrected chi connectivity index (χ2v) is 4.97. The number of nitrogens with two attached hydrogens (primary N) is 1. The lowest BCUT2D eigenvalue weighted by Crippen LogP contribution is -2.27. The molecule has 102 valence electrons. The zero-order valence-electron chi connectivity index (χ0n) is 12.1.